The topological polar surface area (TPSA) is 32.3 Å². The van der Waals surface area contributed by atoms with Gasteiger partial charge in [0.1, 0.15) is 0 Å². The van der Waals surface area contributed by atoms with Crippen molar-refractivity contribution in [3.05, 3.63) is 0 Å². The number of hydrogen-bond donors (Lipinski definition) is 2. The SMILES string of the molecule is CC1(C)C(NCC2(O)CCCC2)C1(C)C. The summed E-state index contributed by atoms with van der Waals surface area (Å²) in [6.07, 6.45) is 4.34. The Kier molecular flexibility index (Phi) is 2.44. The fourth-order valence-electron chi connectivity index (χ4n) is 3.21. The van der Waals surface area contributed by atoms with Gasteiger partial charge in [0, 0.05) is 12.6 Å². The third kappa shape index (κ3) is 1.72. The molecule has 0 saturated heterocycles. The van der Waals surface area contributed by atoms with Crippen LogP contribution in [0.3, 0.4) is 0 Å². The molecule has 0 aromatic rings. The van der Waals surface area contributed by atoms with Gasteiger partial charge < -0.3 is 10.4 Å². The van der Waals surface area contributed by atoms with E-state index < -0.39 is 5.60 Å². The highest BCUT2D eigenvalue weighted by Crippen LogP contribution is 2.62. The van der Waals surface area contributed by atoms with Crippen molar-refractivity contribution in [3.63, 3.8) is 0 Å². The van der Waals surface area contributed by atoms with E-state index in [2.05, 4.69) is 33.0 Å². The van der Waals surface area contributed by atoms with E-state index in [-0.39, 0.29) is 0 Å². The summed E-state index contributed by atoms with van der Waals surface area (Å²) in [4.78, 5) is 0. The van der Waals surface area contributed by atoms with E-state index in [9.17, 15) is 5.11 Å². The first-order valence-electron chi connectivity index (χ1n) is 6.25. The summed E-state index contributed by atoms with van der Waals surface area (Å²) in [5, 5.41) is 13.8. The van der Waals surface area contributed by atoms with Crippen molar-refractivity contribution in [2.75, 3.05) is 6.54 Å². The van der Waals surface area contributed by atoms with E-state index in [1.165, 1.54) is 12.8 Å². The quantitative estimate of drug-likeness (QED) is 0.751. The second-order valence-electron chi connectivity index (χ2n) is 6.69. The monoisotopic (exact) mass is 211 g/mol. The Morgan fingerprint density at radius 1 is 1.07 bits per heavy atom. The number of hydrogen-bond acceptors (Lipinski definition) is 2. The highest BCUT2D eigenvalue weighted by Gasteiger charge is 2.64. The van der Waals surface area contributed by atoms with E-state index in [1.54, 1.807) is 0 Å². The van der Waals surface area contributed by atoms with Crippen LogP contribution in [0.25, 0.3) is 0 Å². The smallest absolute Gasteiger partial charge is 0.0771 e. The van der Waals surface area contributed by atoms with E-state index in [0.717, 1.165) is 19.4 Å². The summed E-state index contributed by atoms with van der Waals surface area (Å²) in [6, 6.07) is 0.564. The van der Waals surface area contributed by atoms with Gasteiger partial charge in [-0.05, 0) is 23.7 Å². The predicted molar refractivity (Wildman–Crippen MR) is 62.8 cm³/mol. The molecule has 2 fully saturated rings. The van der Waals surface area contributed by atoms with E-state index in [4.69, 9.17) is 0 Å². The molecule has 0 spiro atoms. The summed E-state index contributed by atoms with van der Waals surface area (Å²) in [5.74, 6) is 0. The van der Waals surface area contributed by atoms with Crippen molar-refractivity contribution < 1.29 is 5.11 Å². The van der Waals surface area contributed by atoms with Crippen LogP contribution in [0.4, 0.5) is 0 Å². The van der Waals surface area contributed by atoms with Gasteiger partial charge in [-0.15, -0.1) is 0 Å². The molecule has 2 nitrogen and oxygen atoms in total. The lowest BCUT2D eigenvalue weighted by atomic mass is 10.0. The van der Waals surface area contributed by atoms with Crippen LogP contribution in [-0.4, -0.2) is 23.3 Å². The van der Waals surface area contributed by atoms with Gasteiger partial charge in [0.25, 0.3) is 0 Å². The first-order chi connectivity index (χ1) is 6.80. The second-order valence-corrected chi connectivity index (χ2v) is 6.69. The molecular formula is C13H25NO. The molecule has 2 rings (SSSR count). The molecular weight excluding hydrogens is 186 g/mol. The molecule has 2 aliphatic carbocycles. The van der Waals surface area contributed by atoms with E-state index in [1.807, 2.05) is 0 Å². The zero-order valence-corrected chi connectivity index (χ0v) is 10.6. The van der Waals surface area contributed by atoms with Gasteiger partial charge in [0.2, 0.25) is 0 Å². The molecule has 0 amide bonds. The van der Waals surface area contributed by atoms with Crippen LogP contribution in [0, 0.1) is 10.8 Å². The molecule has 0 aromatic heterocycles. The molecule has 0 radical (unpaired) electrons. The molecule has 0 heterocycles. The van der Waals surface area contributed by atoms with Gasteiger partial charge >= 0.3 is 0 Å². The lowest BCUT2D eigenvalue weighted by molar-refractivity contribution is 0.0462. The number of aliphatic hydroxyl groups is 1. The highest BCUT2D eigenvalue weighted by atomic mass is 16.3. The zero-order chi connectivity index (χ0) is 11.3. The van der Waals surface area contributed by atoms with Crippen molar-refractivity contribution >= 4 is 0 Å². The first kappa shape index (κ1) is 11.4. The van der Waals surface area contributed by atoms with Crippen LogP contribution in [0.1, 0.15) is 53.4 Å². The minimum absolute atomic E-state index is 0.377. The molecule has 2 heteroatoms. The highest BCUT2D eigenvalue weighted by molar-refractivity contribution is 5.18. The Morgan fingerprint density at radius 3 is 1.93 bits per heavy atom. The molecule has 2 saturated carbocycles. The molecule has 0 aromatic carbocycles. The van der Waals surface area contributed by atoms with Crippen molar-refractivity contribution in [1.29, 1.82) is 0 Å². The Bertz CT molecular complexity index is 237. The average Bonchev–Trinajstić information content (AvgIpc) is 2.51. The lowest BCUT2D eigenvalue weighted by Gasteiger charge is -2.23. The molecule has 2 N–H and O–H groups in total. The van der Waals surface area contributed by atoms with Crippen LogP contribution in [0.5, 0.6) is 0 Å². The third-order valence-corrected chi connectivity index (χ3v) is 5.19. The fourth-order valence-corrected chi connectivity index (χ4v) is 3.21. The van der Waals surface area contributed by atoms with Gasteiger partial charge in [0.05, 0.1) is 5.60 Å². The predicted octanol–water partition coefficient (Wildman–Crippen LogP) is 2.32. The molecule has 15 heavy (non-hydrogen) atoms. The standard InChI is InChI=1S/C13H25NO/c1-11(2)10(12(11,3)4)14-9-13(15)7-5-6-8-13/h10,14-15H,5-9H2,1-4H3. The van der Waals surface area contributed by atoms with Gasteiger partial charge in [-0.25, -0.2) is 0 Å². The minimum atomic E-state index is -0.408. The second kappa shape index (κ2) is 3.21. The maximum absolute atomic E-state index is 10.2. The van der Waals surface area contributed by atoms with Crippen molar-refractivity contribution in [2.24, 2.45) is 10.8 Å². The summed E-state index contributed by atoms with van der Waals surface area (Å²) >= 11 is 0. The maximum Gasteiger partial charge on any atom is 0.0771 e. The summed E-state index contributed by atoms with van der Waals surface area (Å²) in [6.45, 7) is 10.0. The van der Waals surface area contributed by atoms with Gasteiger partial charge in [-0.3, -0.25) is 0 Å². The molecule has 0 unspecified atom stereocenters. The molecule has 0 bridgehead atoms. The van der Waals surface area contributed by atoms with Gasteiger partial charge in [-0.2, -0.15) is 0 Å². The number of nitrogens with one attached hydrogen (secondary N) is 1. The first-order valence-corrected chi connectivity index (χ1v) is 6.25. The summed E-state index contributed by atoms with van der Waals surface area (Å²) in [5.41, 5.74) is 0.346. The molecule has 0 atom stereocenters. The largest absolute Gasteiger partial charge is 0.389 e. The van der Waals surface area contributed by atoms with Crippen LogP contribution >= 0.6 is 0 Å². The molecule has 2 aliphatic rings. The Hall–Kier alpha value is -0.0800. The van der Waals surface area contributed by atoms with Gasteiger partial charge in [0.15, 0.2) is 0 Å². The Balaban J connectivity index is 1.85. The molecule has 0 aliphatic heterocycles. The van der Waals surface area contributed by atoms with Crippen molar-refractivity contribution in [1.82, 2.24) is 5.32 Å². The minimum Gasteiger partial charge on any atom is -0.389 e. The Morgan fingerprint density at radius 2 is 1.53 bits per heavy atom. The number of rotatable bonds is 3. The van der Waals surface area contributed by atoms with Crippen LogP contribution < -0.4 is 5.32 Å². The van der Waals surface area contributed by atoms with Crippen LogP contribution in [0.15, 0.2) is 0 Å². The summed E-state index contributed by atoms with van der Waals surface area (Å²) in [7, 11) is 0. The zero-order valence-electron chi connectivity index (χ0n) is 10.6. The van der Waals surface area contributed by atoms with Crippen LogP contribution in [-0.2, 0) is 0 Å². The summed E-state index contributed by atoms with van der Waals surface area (Å²) < 4.78 is 0. The maximum atomic E-state index is 10.2. The van der Waals surface area contributed by atoms with Crippen molar-refractivity contribution in [3.8, 4) is 0 Å². The van der Waals surface area contributed by atoms with E-state index in [0.29, 0.717) is 16.9 Å². The lowest BCUT2D eigenvalue weighted by Crippen LogP contribution is -2.40. The van der Waals surface area contributed by atoms with E-state index >= 15 is 0 Å². The van der Waals surface area contributed by atoms with Crippen molar-refractivity contribution in [2.45, 2.75) is 65.0 Å². The Labute approximate surface area is 93.5 Å². The van der Waals surface area contributed by atoms with Gasteiger partial charge in [-0.1, -0.05) is 40.5 Å². The fraction of sp³-hybridized carbons (Fsp3) is 1.00. The average molecular weight is 211 g/mol. The normalized spacial score (nSPS) is 31.8. The van der Waals surface area contributed by atoms with Crippen LogP contribution in [0.2, 0.25) is 0 Å². The molecule has 88 valence electrons. The third-order valence-electron chi connectivity index (χ3n) is 5.19.